The average molecular weight is 373 g/mol. The Morgan fingerprint density at radius 3 is 2.14 bits per heavy atom. The zero-order chi connectivity index (χ0) is 19.8. The minimum atomic E-state index is 0.0624. The molecule has 0 heterocycles. The van der Waals surface area contributed by atoms with Crippen molar-refractivity contribution in [3.63, 3.8) is 0 Å². The summed E-state index contributed by atoms with van der Waals surface area (Å²) in [5.74, 6) is 0.0624. The lowest BCUT2D eigenvalue weighted by molar-refractivity contribution is -0.120. The molecule has 0 bridgehead atoms. The molecule has 28 heavy (non-hydrogen) atoms. The topological polar surface area (TPSA) is 32.3 Å². The van der Waals surface area contributed by atoms with Crippen LogP contribution in [0.5, 0.6) is 0 Å². The van der Waals surface area contributed by atoms with Gasteiger partial charge in [-0.3, -0.25) is 4.79 Å². The quantitative estimate of drug-likeness (QED) is 0.613. The maximum Gasteiger partial charge on any atom is 0.224 e. The number of hydrogen-bond donors (Lipinski definition) is 1. The monoisotopic (exact) mass is 372 g/mol. The van der Waals surface area contributed by atoms with Crippen LogP contribution in [0.4, 0.5) is 5.69 Å². The maximum atomic E-state index is 12.3. The van der Waals surface area contributed by atoms with Gasteiger partial charge in [-0.05, 0) is 42.7 Å². The number of likely N-dealkylation sites (N-methyl/N-ethyl adjacent to an activating group) is 1. The molecule has 0 aliphatic carbocycles. The van der Waals surface area contributed by atoms with Crippen LogP contribution in [-0.2, 0) is 11.2 Å². The van der Waals surface area contributed by atoms with Crippen molar-refractivity contribution in [1.29, 1.82) is 0 Å². The van der Waals surface area contributed by atoms with E-state index in [2.05, 4.69) is 72.6 Å². The molecule has 0 aliphatic heterocycles. The predicted octanol–water partition coefficient (Wildman–Crippen LogP) is 4.85. The van der Waals surface area contributed by atoms with E-state index in [0.717, 1.165) is 18.7 Å². The van der Waals surface area contributed by atoms with Crippen LogP contribution >= 0.6 is 0 Å². The molecule has 0 spiro atoms. The molecular formula is C25H28N2O. The smallest absolute Gasteiger partial charge is 0.224 e. The van der Waals surface area contributed by atoms with E-state index in [1.54, 1.807) is 0 Å². The van der Waals surface area contributed by atoms with Crippen LogP contribution < -0.4 is 10.2 Å². The lowest BCUT2D eigenvalue weighted by Crippen LogP contribution is -2.35. The first-order chi connectivity index (χ1) is 13.7. The first-order valence-corrected chi connectivity index (χ1v) is 9.88. The fourth-order valence-corrected chi connectivity index (χ4v) is 3.25. The highest BCUT2D eigenvalue weighted by Crippen LogP contribution is 2.19. The summed E-state index contributed by atoms with van der Waals surface area (Å²) in [5.41, 5.74) is 5.84. The van der Waals surface area contributed by atoms with E-state index in [1.807, 2.05) is 30.3 Å². The van der Waals surface area contributed by atoms with Gasteiger partial charge in [-0.15, -0.1) is 0 Å². The molecule has 0 atom stereocenters. The van der Waals surface area contributed by atoms with Gasteiger partial charge in [0, 0.05) is 25.3 Å². The van der Waals surface area contributed by atoms with Crippen molar-refractivity contribution in [3.8, 4) is 11.1 Å². The minimum Gasteiger partial charge on any atom is -0.370 e. The molecule has 0 saturated heterocycles. The summed E-state index contributed by atoms with van der Waals surface area (Å²) in [6.45, 7) is 6.59. The van der Waals surface area contributed by atoms with E-state index in [9.17, 15) is 4.79 Å². The highest BCUT2D eigenvalue weighted by molar-refractivity contribution is 5.79. The molecule has 1 N–H and O–H groups in total. The van der Waals surface area contributed by atoms with Crippen molar-refractivity contribution >= 4 is 11.6 Å². The van der Waals surface area contributed by atoms with Crippen LogP contribution in [0.1, 0.15) is 18.1 Å². The van der Waals surface area contributed by atoms with Crippen LogP contribution in [0.25, 0.3) is 11.1 Å². The van der Waals surface area contributed by atoms with Crippen molar-refractivity contribution in [2.24, 2.45) is 0 Å². The molecule has 0 saturated carbocycles. The number of rotatable bonds is 8. The van der Waals surface area contributed by atoms with Crippen LogP contribution in [0, 0.1) is 6.92 Å². The van der Waals surface area contributed by atoms with Gasteiger partial charge < -0.3 is 10.2 Å². The molecule has 0 unspecified atom stereocenters. The summed E-state index contributed by atoms with van der Waals surface area (Å²) in [4.78, 5) is 14.6. The number of carbonyl (C=O) groups is 1. The Kier molecular flexibility index (Phi) is 6.85. The van der Waals surface area contributed by atoms with Gasteiger partial charge in [0.05, 0.1) is 6.42 Å². The van der Waals surface area contributed by atoms with Crippen molar-refractivity contribution in [3.05, 3.63) is 90.0 Å². The van der Waals surface area contributed by atoms with Gasteiger partial charge in [0.15, 0.2) is 0 Å². The summed E-state index contributed by atoms with van der Waals surface area (Å²) in [6.07, 6.45) is 0.408. The summed E-state index contributed by atoms with van der Waals surface area (Å²) >= 11 is 0. The molecule has 0 aromatic heterocycles. The lowest BCUT2D eigenvalue weighted by atomic mass is 10.0. The fourth-order valence-electron chi connectivity index (χ4n) is 3.25. The number of hydrogen-bond acceptors (Lipinski definition) is 2. The predicted molar refractivity (Wildman–Crippen MR) is 118 cm³/mol. The Hall–Kier alpha value is -3.07. The highest BCUT2D eigenvalue weighted by atomic mass is 16.1. The van der Waals surface area contributed by atoms with E-state index in [4.69, 9.17) is 0 Å². The number of anilines is 1. The number of nitrogens with one attached hydrogen (secondary N) is 1. The number of benzene rings is 3. The minimum absolute atomic E-state index is 0.0624. The molecule has 3 nitrogen and oxygen atoms in total. The van der Waals surface area contributed by atoms with E-state index in [1.165, 1.54) is 22.4 Å². The van der Waals surface area contributed by atoms with Crippen LogP contribution in [0.2, 0.25) is 0 Å². The average Bonchev–Trinajstić information content (AvgIpc) is 2.73. The Balaban J connectivity index is 1.48. The molecule has 144 valence electrons. The van der Waals surface area contributed by atoms with Gasteiger partial charge in [-0.2, -0.15) is 0 Å². The second-order valence-corrected chi connectivity index (χ2v) is 7.00. The first-order valence-electron chi connectivity index (χ1n) is 9.88. The molecular weight excluding hydrogens is 344 g/mol. The molecule has 0 fully saturated rings. The van der Waals surface area contributed by atoms with E-state index in [-0.39, 0.29) is 5.91 Å². The Morgan fingerprint density at radius 2 is 1.50 bits per heavy atom. The Bertz CT molecular complexity index is 871. The Labute approximate surface area is 168 Å². The van der Waals surface area contributed by atoms with Crippen LogP contribution in [0.15, 0.2) is 78.9 Å². The maximum absolute atomic E-state index is 12.3. The number of amides is 1. The van der Waals surface area contributed by atoms with Gasteiger partial charge in [-0.1, -0.05) is 72.3 Å². The standard InChI is InChI=1S/C25H28N2O/c1-3-27(24-15-9-20(2)10-16-24)18-17-26-25(28)19-21-11-13-23(14-12-21)22-7-5-4-6-8-22/h4-16H,3,17-19H2,1-2H3,(H,26,28). The lowest BCUT2D eigenvalue weighted by Gasteiger charge is -2.23. The third kappa shape index (κ3) is 5.46. The zero-order valence-corrected chi connectivity index (χ0v) is 16.7. The third-order valence-electron chi connectivity index (χ3n) is 4.91. The Morgan fingerprint density at radius 1 is 0.857 bits per heavy atom. The van der Waals surface area contributed by atoms with Crippen molar-refractivity contribution < 1.29 is 4.79 Å². The van der Waals surface area contributed by atoms with Crippen molar-refractivity contribution in [2.45, 2.75) is 20.3 Å². The summed E-state index contributed by atoms with van der Waals surface area (Å²) in [5, 5.41) is 3.04. The first kappa shape index (κ1) is 19.7. The summed E-state index contributed by atoms with van der Waals surface area (Å²) < 4.78 is 0. The van der Waals surface area contributed by atoms with Crippen molar-refractivity contribution in [1.82, 2.24) is 5.32 Å². The van der Waals surface area contributed by atoms with Gasteiger partial charge in [0.25, 0.3) is 0 Å². The molecule has 1 amide bonds. The summed E-state index contributed by atoms with van der Waals surface area (Å²) in [6, 6.07) is 27.0. The zero-order valence-electron chi connectivity index (χ0n) is 16.7. The number of aryl methyl sites for hydroxylation is 1. The molecule has 0 aliphatic rings. The largest absolute Gasteiger partial charge is 0.370 e. The second-order valence-electron chi connectivity index (χ2n) is 7.00. The molecule has 0 radical (unpaired) electrons. The normalized spacial score (nSPS) is 10.5. The fraction of sp³-hybridized carbons (Fsp3) is 0.240. The van der Waals surface area contributed by atoms with E-state index >= 15 is 0 Å². The summed E-state index contributed by atoms with van der Waals surface area (Å²) in [7, 11) is 0. The highest BCUT2D eigenvalue weighted by Gasteiger charge is 2.07. The number of nitrogens with zero attached hydrogens (tertiary/aromatic N) is 1. The van der Waals surface area contributed by atoms with Gasteiger partial charge in [-0.25, -0.2) is 0 Å². The molecule has 3 aromatic rings. The van der Waals surface area contributed by atoms with Crippen molar-refractivity contribution in [2.75, 3.05) is 24.5 Å². The van der Waals surface area contributed by atoms with E-state index in [0.29, 0.717) is 13.0 Å². The SMILES string of the molecule is CCN(CCNC(=O)Cc1ccc(-c2ccccc2)cc1)c1ccc(C)cc1. The van der Waals surface area contributed by atoms with Crippen LogP contribution in [0.3, 0.4) is 0 Å². The van der Waals surface area contributed by atoms with Gasteiger partial charge in [0.2, 0.25) is 5.91 Å². The number of carbonyl (C=O) groups excluding carboxylic acids is 1. The second kappa shape index (κ2) is 9.75. The third-order valence-corrected chi connectivity index (χ3v) is 4.91. The molecule has 3 aromatic carbocycles. The molecule has 3 heteroatoms. The van der Waals surface area contributed by atoms with Gasteiger partial charge >= 0.3 is 0 Å². The van der Waals surface area contributed by atoms with Gasteiger partial charge in [0.1, 0.15) is 0 Å². The van der Waals surface area contributed by atoms with Crippen LogP contribution in [-0.4, -0.2) is 25.5 Å². The molecule has 3 rings (SSSR count). The van der Waals surface area contributed by atoms with E-state index < -0.39 is 0 Å².